The molecule has 1 amide bonds. The quantitative estimate of drug-likeness (QED) is 0.531. The van der Waals surface area contributed by atoms with E-state index in [1.165, 1.54) is 7.11 Å². The lowest BCUT2D eigenvalue weighted by Crippen LogP contribution is -2.38. The van der Waals surface area contributed by atoms with Crippen molar-refractivity contribution in [1.82, 2.24) is 5.32 Å². The van der Waals surface area contributed by atoms with Gasteiger partial charge < -0.3 is 14.8 Å². The second-order valence-corrected chi connectivity index (χ2v) is 2.26. The van der Waals surface area contributed by atoms with Crippen molar-refractivity contribution in [2.24, 2.45) is 0 Å². The first-order valence-corrected chi connectivity index (χ1v) is 3.20. The van der Waals surface area contributed by atoms with Crippen molar-refractivity contribution in [2.45, 2.75) is 19.1 Å². The molecule has 0 radical (unpaired) electrons. The van der Waals surface area contributed by atoms with E-state index >= 15 is 0 Å². The summed E-state index contributed by atoms with van der Waals surface area (Å²) in [4.78, 5) is 21.4. The van der Waals surface area contributed by atoms with Gasteiger partial charge in [-0.05, 0) is 6.92 Å². The molecule has 1 saturated heterocycles. The Morgan fingerprint density at radius 3 is 2.73 bits per heavy atom. The van der Waals surface area contributed by atoms with Gasteiger partial charge in [0.1, 0.15) is 6.10 Å². The smallest absolute Gasteiger partial charge is 0.408 e. The number of carbonyl (C=O) groups is 2. The van der Waals surface area contributed by atoms with Gasteiger partial charge in [0, 0.05) is 0 Å². The van der Waals surface area contributed by atoms with E-state index in [-0.39, 0.29) is 0 Å². The fourth-order valence-corrected chi connectivity index (χ4v) is 0.893. The Balaban J connectivity index is 2.59. The lowest BCUT2D eigenvalue weighted by Gasteiger charge is -2.08. The SMILES string of the molecule is COC(=O)C1NC(=O)OC1C. The zero-order valence-electron chi connectivity index (χ0n) is 6.29. The number of carbonyl (C=O) groups excluding carboxylic acids is 2. The highest BCUT2D eigenvalue weighted by Crippen LogP contribution is 2.08. The van der Waals surface area contributed by atoms with E-state index in [1.54, 1.807) is 6.92 Å². The Labute approximate surface area is 63.7 Å². The lowest BCUT2D eigenvalue weighted by molar-refractivity contribution is -0.143. The first-order valence-electron chi connectivity index (χ1n) is 3.20. The molecule has 1 heterocycles. The molecule has 0 bridgehead atoms. The normalized spacial score (nSPS) is 29.1. The molecule has 0 saturated carbocycles. The first-order chi connectivity index (χ1) is 5.15. The minimum atomic E-state index is -0.660. The topological polar surface area (TPSA) is 64.6 Å². The van der Waals surface area contributed by atoms with Crippen LogP contribution in [0.1, 0.15) is 6.92 Å². The van der Waals surface area contributed by atoms with E-state index in [9.17, 15) is 9.59 Å². The Morgan fingerprint density at radius 2 is 2.36 bits per heavy atom. The zero-order chi connectivity index (χ0) is 8.43. The molecule has 62 valence electrons. The molecule has 0 aromatic rings. The van der Waals surface area contributed by atoms with Crippen molar-refractivity contribution in [2.75, 3.05) is 7.11 Å². The van der Waals surface area contributed by atoms with Gasteiger partial charge in [0.15, 0.2) is 6.04 Å². The molecule has 1 fully saturated rings. The molecule has 0 aromatic heterocycles. The average Bonchev–Trinajstić information content (AvgIpc) is 2.28. The molecule has 0 aromatic carbocycles. The molecule has 5 heteroatoms. The van der Waals surface area contributed by atoms with Gasteiger partial charge in [-0.1, -0.05) is 0 Å². The minimum Gasteiger partial charge on any atom is -0.467 e. The summed E-state index contributed by atoms with van der Waals surface area (Å²) in [5, 5.41) is 2.32. The van der Waals surface area contributed by atoms with Crippen LogP contribution in [0.2, 0.25) is 0 Å². The predicted octanol–water partition coefficient (Wildman–Crippen LogP) is -0.344. The van der Waals surface area contributed by atoms with Gasteiger partial charge in [-0.3, -0.25) is 0 Å². The van der Waals surface area contributed by atoms with E-state index in [4.69, 9.17) is 0 Å². The van der Waals surface area contributed by atoms with Crippen LogP contribution in [0.25, 0.3) is 0 Å². The van der Waals surface area contributed by atoms with Crippen LogP contribution in [0.5, 0.6) is 0 Å². The van der Waals surface area contributed by atoms with E-state index in [2.05, 4.69) is 14.8 Å². The summed E-state index contributed by atoms with van der Waals surface area (Å²) in [6.07, 6.45) is -1.03. The molecule has 11 heavy (non-hydrogen) atoms. The maximum Gasteiger partial charge on any atom is 0.408 e. The third kappa shape index (κ3) is 1.42. The molecule has 2 atom stereocenters. The number of methoxy groups -OCH3 is 1. The summed E-state index contributed by atoms with van der Waals surface area (Å²) < 4.78 is 9.07. The lowest BCUT2D eigenvalue weighted by atomic mass is 10.2. The van der Waals surface area contributed by atoms with Crippen LogP contribution in [-0.2, 0) is 14.3 Å². The number of hydrogen-bond donors (Lipinski definition) is 1. The van der Waals surface area contributed by atoms with Gasteiger partial charge >= 0.3 is 12.1 Å². The minimum absolute atomic E-state index is 0.449. The molecular weight excluding hydrogens is 150 g/mol. The standard InChI is InChI=1S/C6H9NO4/c1-3-4(5(8)10-2)7-6(9)11-3/h3-4H,1-2H3,(H,7,9). The average molecular weight is 159 g/mol. The highest BCUT2D eigenvalue weighted by atomic mass is 16.6. The second kappa shape index (κ2) is 2.77. The monoisotopic (exact) mass is 159 g/mol. The Bertz CT molecular complexity index is 191. The van der Waals surface area contributed by atoms with Gasteiger partial charge in [-0.15, -0.1) is 0 Å². The van der Waals surface area contributed by atoms with Crippen LogP contribution >= 0.6 is 0 Å². The van der Waals surface area contributed by atoms with Gasteiger partial charge in [0.25, 0.3) is 0 Å². The maximum absolute atomic E-state index is 10.9. The summed E-state index contributed by atoms with van der Waals surface area (Å²) in [6.45, 7) is 1.62. The summed E-state index contributed by atoms with van der Waals surface area (Å²) >= 11 is 0. The number of nitrogens with one attached hydrogen (secondary N) is 1. The van der Waals surface area contributed by atoms with Gasteiger partial charge in [-0.25, -0.2) is 9.59 Å². The summed E-state index contributed by atoms with van der Waals surface area (Å²) in [5.41, 5.74) is 0. The number of alkyl carbamates (subject to hydrolysis) is 1. The van der Waals surface area contributed by atoms with Crippen molar-refractivity contribution >= 4 is 12.1 Å². The Kier molecular flexibility index (Phi) is 1.98. The number of cyclic esters (lactones) is 1. The van der Waals surface area contributed by atoms with Crippen LogP contribution in [0.3, 0.4) is 0 Å². The highest BCUT2D eigenvalue weighted by molar-refractivity contribution is 5.84. The van der Waals surface area contributed by atoms with E-state index in [0.717, 1.165) is 0 Å². The van der Waals surface area contributed by atoms with Crippen molar-refractivity contribution in [3.8, 4) is 0 Å². The first kappa shape index (κ1) is 7.84. The largest absolute Gasteiger partial charge is 0.467 e. The number of rotatable bonds is 1. The molecule has 1 N–H and O–H groups in total. The second-order valence-electron chi connectivity index (χ2n) is 2.26. The summed E-state index contributed by atoms with van der Waals surface area (Å²) in [6, 6.07) is -0.660. The predicted molar refractivity (Wildman–Crippen MR) is 34.9 cm³/mol. The molecule has 1 aliphatic rings. The highest BCUT2D eigenvalue weighted by Gasteiger charge is 2.36. The third-order valence-corrected chi connectivity index (χ3v) is 1.49. The number of esters is 1. The van der Waals surface area contributed by atoms with Crippen LogP contribution in [-0.4, -0.2) is 31.3 Å². The molecule has 0 spiro atoms. The molecule has 0 aliphatic carbocycles. The number of hydrogen-bond acceptors (Lipinski definition) is 4. The molecule has 5 nitrogen and oxygen atoms in total. The molecule has 2 unspecified atom stereocenters. The Hall–Kier alpha value is -1.26. The number of ether oxygens (including phenoxy) is 2. The fraction of sp³-hybridized carbons (Fsp3) is 0.667. The summed E-state index contributed by atoms with van der Waals surface area (Å²) in [5.74, 6) is -0.483. The molecule has 1 rings (SSSR count). The molecular formula is C6H9NO4. The van der Waals surface area contributed by atoms with E-state index in [1.807, 2.05) is 0 Å². The van der Waals surface area contributed by atoms with Gasteiger partial charge in [0.05, 0.1) is 7.11 Å². The van der Waals surface area contributed by atoms with Crippen molar-refractivity contribution in [3.63, 3.8) is 0 Å². The maximum atomic E-state index is 10.9. The van der Waals surface area contributed by atoms with Crippen molar-refractivity contribution in [1.29, 1.82) is 0 Å². The van der Waals surface area contributed by atoms with Crippen LogP contribution in [0.4, 0.5) is 4.79 Å². The molecule has 1 aliphatic heterocycles. The third-order valence-electron chi connectivity index (χ3n) is 1.49. The van der Waals surface area contributed by atoms with E-state index < -0.39 is 24.2 Å². The zero-order valence-corrected chi connectivity index (χ0v) is 6.29. The van der Waals surface area contributed by atoms with Crippen LogP contribution < -0.4 is 5.32 Å². The van der Waals surface area contributed by atoms with Gasteiger partial charge in [0.2, 0.25) is 0 Å². The van der Waals surface area contributed by atoms with Gasteiger partial charge in [-0.2, -0.15) is 0 Å². The number of amides is 1. The van der Waals surface area contributed by atoms with Crippen LogP contribution in [0, 0.1) is 0 Å². The fourth-order valence-electron chi connectivity index (χ4n) is 0.893. The van der Waals surface area contributed by atoms with Crippen LogP contribution in [0.15, 0.2) is 0 Å². The van der Waals surface area contributed by atoms with Crippen molar-refractivity contribution in [3.05, 3.63) is 0 Å². The van der Waals surface area contributed by atoms with E-state index in [0.29, 0.717) is 0 Å². The Morgan fingerprint density at radius 1 is 1.73 bits per heavy atom. The summed E-state index contributed by atoms with van der Waals surface area (Å²) in [7, 11) is 1.26. The van der Waals surface area contributed by atoms with Crippen molar-refractivity contribution < 1.29 is 19.1 Å².